The van der Waals surface area contributed by atoms with Crippen molar-refractivity contribution in [3.63, 3.8) is 0 Å². The van der Waals surface area contributed by atoms with E-state index < -0.39 is 5.97 Å². The molecule has 1 heterocycles. The zero-order chi connectivity index (χ0) is 18.4. The van der Waals surface area contributed by atoms with Crippen molar-refractivity contribution in [2.45, 2.75) is 44.9 Å². The van der Waals surface area contributed by atoms with Crippen LogP contribution in [0, 0.1) is 11.3 Å². The summed E-state index contributed by atoms with van der Waals surface area (Å²) in [7, 11) is 3.33. The minimum Gasteiger partial charge on any atom is -0.481 e. The summed E-state index contributed by atoms with van der Waals surface area (Å²) in [5.74, 6) is -1.21. The summed E-state index contributed by atoms with van der Waals surface area (Å²) in [6, 6.07) is 0. The van der Waals surface area contributed by atoms with Gasteiger partial charge in [0.05, 0.1) is 17.9 Å². The molecule has 0 aromatic heterocycles. The van der Waals surface area contributed by atoms with E-state index in [0.717, 1.165) is 25.7 Å². The molecule has 1 aliphatic heterocycles. The number of aliphatic carboxylic acids is 1. The lowest BCUT2D eigenvalue weighted by Crippen LogP contribution is -2.48. The number of hydrogen-bond donors (Lipinski definition) is 1. The minimum atomic E-state index is -0.791. The number of methoxy groups -OCH3 is 1. The lowest BCUT2D eigenvalue weighted by molar-refractivity contribution is -0.148. The summed E-state index contributed by atoms with van der Waals surface area (Å²) in [5.41, 5.74) is -0.388. The zero-order valence-electron chi connectivity index (χ0n) is 15.3. The third kappa shape index (κ3) is 4.71. The number of carbonyl (C=O) groups is 3. The van der Waals surface area contributed by atoms with Gasteiger partial charge in [-0.05, 0) is 32.1 Å². The molecule has 2 aliphatic rings. The number of ether oxygens (including phenoxy) is 1. The van der Waals surface area contributed by atoms with Gasteiger partial charge in [0, 0.05) is 33.9 Å². The van der Waals surface area contributed by atoms with Crippen molar-refractivity contribution in [3.8, 4) is 0 Å². The Hall–Kier alpha value is -1.63. The Morgan fingerprint density at radius 1 is 1.20 bits per heavy atom. The fraction of sp³-hybridized carbons (Fsp3) is 0.833. The van der Waals surface area contributed by atoms with Gasteiger partial charge >= 0.3 is 5.97 Å². The molecular weight excluding hydrogens is 324 g/mol. The second-order valence-electron chi connectivity index (χ2n) is 7.38. The molecule has 0 aromatic carbocycles. The van der Waals surface area contributed by atoms with Gasteiger partial charge in [0.25, 0.3) is 0 Å². The number of carboxylic acid groups (broad SMARTS) is 1. The van der Waals surface area contributed by atoms with Crippen LogP contribution in [-0.4, -0.2) is 73.1 Å². The monoisotopic (exact) mass is 354 g/mol. The summed E-state index contributed by atoms with van der Waals surface area (Å²) in [4.78, 5) is 39.7. The highest BCUT2D eigenvalue weighted by Gasteiger charge is 2.42. The number of likely N-dealkylation sites (tertiary alicyclic amines) is 1. The van der Waals surface area contributed by atoms with Gasteiger partial charge < -0.3 is 19.6 Å². The molecule has 2 amide bonds. The van der Waals surface area contributed by atoms with Gasteiger partial charge in [0.1, 0.15) is 0 Å². The molecule has 2 fully saturated rings. The molecule has 0 spiro atoms. The third-order valence-corrected chi connectivity index (χ3v) is 5.72. The van der Waals surface area contributed by atoms with Crippen LogP contribution in [0.3, 0.4) is 0 Å². The van der Waals surface area contributed by atoms with Crippen LogP contribution in [-0.2, 0) is 19.1 Å². The maximum atomic E-state index is 13.0. The number of carbonyl (C=O) groups excluding carboxylic acids is 2. The second-order valence-corrected chi connectivity index (χ2v) is 7.38. The Morgan fingerprint density at radius 3 is 2.32 bits per heavy atom. The van der Waals surface area contributed by atoms with Crippen LogP contribution in [0.1, 0.15) is 44.9 Å². The van der Waals surface area contributed by atoms with Gasteiger partial charge in [-0.2, -0.15) is 0 Å². The average molecular weight is 354 g/mol. The van der Waals surface area contributed by atoms with E-state index >= 15 is 0 Å². The number of likely N-dealkylation sites (N-methyl/N-ethyl adjacent to an activating group) is 1. The standard InChI is InChI=1S/C18H30N2O5/c1-19(17(24)18(9-12-25-2)7-3-4-8-18)13-15(21)20-10-5-14(6-11-20)16(22)23/h14H,3-13H2,1-2H3,(H,22,23). The summed E-state index contributed by atoms with van der Waals surface area (Å²) in [6.45, 7) is 1.51. The van der Waals surface area contributed by atoms with Crippen molar-refractivity contribution in [2.75, 3.05) is 40.4 Å². The summed E-state index contributed by atoms with van der Waals surface area (Å²) < 4.78 is 5.17. The average Bonchev–Trinajstić information content (AvgIpc) is 3.09. The van der Waals surface area contributed by atoms with Crippen LogP contribution >= 0.6 is 0 Å². The van der Waals surface area contributed by atoms with E-state index in [-0.39, 0.29) is 29.7 Å². The SMILES string of the molecule is COCCC1(C(=O)N(C)CC(=O)N2CCC(C(=O)O)CC2)CCCC1. The molecule has 0 atom stereocenters. The van der Waals surface area contributed by atoms with Crippen molar-refractivity contribution in [1.29, 1.82) is 0 Å². The summed E-state index contributed by atoms with van der Waals surface area (Å²) >= 11 is 0. The molecule has 1 aliphatic carbocycles. The predicted molar refractivity (Wildman–Crippen MR) is 92.0 cm³/mol. The van der Waals surface area contributed by atoms with Crippen molar-refractivity contribution in [2.24, 2.45) is 11.3 Å². The number of carboxylic acids is 1. The first-order valence-electron chi connectivity index (χ1n) is 9.15. The Balaban J connectivity index is 1.89. The van der Waals surface area contributed by atoms with E-state index in [1.165, 1.54) is 0 Å². The third-order valence-electron chi connectivity index (χ3n) is 5.72. The number of amides is 2. The van der Waals surface area contributed by atoms with Crippen molar-refractivity contribution >= 4 is 17.8 Å². The number of nitrogens with zero attached hydrogens (tertiary/aromatic N) is 2. The Kier molecular flexibility index (Phi) is 6.81. The molecule has 0 unspecified atom stereocenters. The minimum absolute atomic E-state index is 0.0378. The molecule has 25 heavy (non-hydrogen) atoms. The van der Waals surface area contributed by atoms with Crippen LogP contribution in [0.2, 0.25) is 0 Å². The van der Waals surface area contributed by atoms with Crippen molar-refractivity contribution in [3.05, 3.63) is 0 Å². The van der Waals surface area contributed by atoms with Gasteiger partial charge in [-0.25, -0.2) is 0 Å². The molecule has 0 bridgehead atoms. The van der Waals surface area contributed by atoms with Crippen molar-refractivity contribution in [1.82, 2.24) is 9.80 Å². The lowest BCUT2D eigenvalue weighted by atomic mass is 9.81. The Labute approximate surface area is 149 Å². The first-order chi connectivity index (χ1) is 11.9. The van der Waals surface area contributed by atoms with Crippen LogP contribution in [0.15, 0.2) is 0 Å². The Morgan fingerprint density at radius 2 is 1.80 bits per heavy atom. The maximum Gasteiger partial charge on any atom is 0.306 e. The normalized spacial score (nSPS) is 20.5. The zero-order valence-corrected chi connectivity index (χ0v) is 15.3. The second kappa shape index (κ2) is 8.65. The molecule has 7 heteroatoms. The highest BCUT2D eigenvalue weighted by Crippen LogP contribution is 2.42. The van der Waals surface area contributed by atoms with Gasteiger partial charge in [-0.3, -0.25) is 14.4 Å². The van der Waals surface area contributed by atoms with Gasteiger partial charge in [-0.1, -0.05) is 12.8 Å². The highest BCUT2D eigenvalue weighted by atomic mass is 16.5. The molecule has 142 valence electrons. The number of hydrogen-bond acceptors (Lipinski definition) is 4. The smallest absolute Gasteiger partial charge is 0.306 e. The van der Waals surface area contributed by atoms with Gasteiger partial charge in [0.2, 0.25) is 11.8 Å². The fourth-order valence-electron chi connectivity index (χ4n) is 4.08. The first-order valence-corrected chi connectivity index (χ1v) is 9.15. The van der Waals surface area contributed by atoms with E-state index in [9.17, 15) is 14.4 Å². The van der Waals surface area contributed by atoms with Crippen LogP contribution < -0.4 is 0 Å². The number of piperidine rings is 1. The van der Waals surface area contributed by atoms with Crippen LogP contribution in [0.5, 0.6) is 0 Å². The van der Waals surface area contributed by atoms with E-state index in [2.05, 4.69) is 0 Å². The number of rotatable bonds is 7. The summed E-state index contributed by atoms with van der Waals surface area (Å²) in [5, 5.41) is 9.04. The Bertz CT molecular complexity index is 494. The maximum absolute atomic E-state index is 13.0. The quantitative estimate of drug-likeness (QED) is 0.746. The summed E-state index contributed by atoms with van der Waals surface area (Å²) in [6.07, 6.45) is 5.47. The molecule has 0 aromatic rings. The molecule has 7 nitrogen and oxygen atoms in total. The molecule has 0 radical (unpaired) electrons. The highest BCUT2D eigenvalue weighted by molar-refractivity contribution is 5.88. The van der Waals surface area contributed by atoms with Crippen LogP contribution in [0.25, 0.3) is 0 Å². The van der Waals surface area contributed by atoms with Crippen molar-refractivity contribution < 1.29 is 24.2 Å². The van der Waals surface area contributed by atoms with E-state index in [0.29, 0.717) is 39.0 Å². The van der Waals surface area contributed by atoms with Gasteiger partial charge in [0.15, 0.2) is 0 Å². The molecular formula is C18H30N2O5. The lowest BCUT2D eigenvalue weighted by Gasteiger charge is -2.34. The van der Waals surface area contributed by atoms with E-state index in [4.69, 9.17) is 9.84 Å². The van der Waals surface area contributed by atoms with Crippen LogP contribution in [0.4, 0.5) is 0 Å². The topological polar surface area (TPSA) is 87.2 Å². The van der Waals surface area contributed by atoms with Gasteiger partial charge in [-0.15, -0.1) is 0 Å². The van der Waals surface area contributed by atoms with E-state index in [1.807, 2.05) is 0 Å². The largest absolute Gasteiger partial charge is 0.481 e. The molecule has 1 saturated carbocycles. The molecule has 1 N–H and O–H groups in total. The molecule has 2 rings (SSSR count). The first kappa shape index (κ1) is 19.7. The predicted octanol–water partition coefficient (Wildman–Crippen LogP) is 1.36. The molecule has 1 saturated heterocycles. The fourth-order valence-corrected chi connectivity index (χ4v) is 4.08. The van der Waals surface area contributed by atoms with E-state index in [1.54, 1.807) is 24.0 Å².